The maximum Gasteiger partial charge on any atom is 0.435 e. The average molecular weight is 684 g/mol. The van der Waals surface area contributed by atoms with E-state index >= 15 is 4.39 Å². The van der Waals surface area contributed by atoms with Gasteiger partial charge in [-0.05, 0) is 73.4 Å². The summed E-state index contributed by atoms with van der Waals surface area (Å²) in [5.74, 6) is -4.83. The second-order valence-corrected chi connectivity index (χ2v) is 14.1. The Hall–Kier alpha value is -3.11. The predicted molar refractivity (Wildman–Crippen MR) is 144 cm³/mol. The van der Waals surface area contributed by atoms with Gasteiger partial charge >= 0.3 is 18.0 Å². The van der Waals surface area contributed by atoms with Crippen LogP contribution in [0, 0.1) is 23.6 Å². The second-order valence-electron chi connectivity index (χ2n) is 11.9. The number of nitrogens with one attached hydrogen (secondary N) is 1. The average Bonchev–Trinajstić information content (AvgIpc) is 3.34. The van der Waals surface area contributed by atoms with Gasteiger partial charge in [0.2, 0.25) is 5.91 Å². The number of ether oxygens (including phenoxy) is 1. The van der Waals surface area contributed by atoms with Crippen LogP contribution in [0.25, 0.3) is 0 Å². The lowest BCUT2D eigenvalue weighted by Crippen LogP contribution is -2.53. The zero-order chi connectivity index (χ0) is 33.9. The Morgan fingerprint density at radius 3 is 2.15 bits per heavy atom. The fraction of sp³-hybridized carbons (Fsp3) is 0.533. The first-order valence-corrected chi connectivity index (χ1v) is 15.9. The first-order valence-electron chi connectivity index (χ1n) is 14.4. The van der Waals surface area contributed by atoms with E-state index in [4.69, 9.17) is 4.74 Å². The molecule has 5 rings (SSSR count). The molecule has 1 saturated carbocycles. The molecule has 46 heavy (non-hydrogen) atoms. The highest BCUT2D eigenvalue weighted by atomic mass is 32.2. The van der Waals surface area contributed by atoms with Crippen LogP contribution < -0.4 is 5.32 Å². The molecule has 2 N–H and O–H groups in total. The van der Waals surface area contributed by atoms with Gasteiger partial charge in [0.1, 0.15) is 23.0 Å². The smallest absolute Gasteiger partial charge is 0.383 e. The van der Waals surface area contributed by atoms with E-state index in [-0.39, 0.29) is 42.7 Å². The quantitative estimate of drug-likeness (QED) is 0.246. The number of aliphatic hydroxyl groups excluding tert-OH is 1. The minimum Gasteiger partial charge on any atom is -0.383 e. The Labute approximate surface area is 258 Å². The highest BCUT2D eigenvalue weighted by molar-refractivity contribution is 7.92. The standard InChI is InChI=1S/C30H29F8NO6S/c31-20-3-5-21(6-4-20)46(43,44)27-19(15-40)14-24(39-26(42)25(41)16-9-11-45-12-10-16)23(27)7-1-17-13-18(2-8-22(17)27)28(32,29(33,34)35)30(36,37)38/h2-6,8,13,15-16,19,23-25,41H,1,7,9-12,14H2,(H,39,42)/t19?,23-,24+,25?,27-/m0/s1. The lowest BCUT2D eigenvalue weighted by atomic mass is 9.71. The summed E-state index contributed by atoms with van der Waals surface area (Å²) in [6.45, 7) is 0.601. The number of carbonyl (C=O) groups is 2. The second kappa shape index (κ2) is 11.8. The van der Waals surface area contributed by atoms with Gasteiger partial charge in [-0.1, -0.05) is 18.2 Å². The van der Waals surface area contributed by atoms with Gasteiger partial charge in [0, 0.05) is 36.7 Å². The van der Waals surface area contributed by atoms with Crippen LogP contribution in [0.1, 0.15) is 42.4 Å². The number of hydrogen-bond acceptors (Lipinski definition) is 6. The molecule has 16 heteroatoms. The molecule has 5 atom stereocenters. The van der Waals surface area contributed by atoms with Crippen LogP contribution in [0.4, 0.5) is 35.1 Å². The molecule has 0 radical (unpaired) electrons. The molecular weight excluding hydrogens is 654 g/mol. The lowest BCUT2D eigenvalue weighted by Gasteiger charge is -2.44. The van der Waals surface area contributed by atoms with E-state index in [0.717, 1.165) is 24.3 Å². The number of aryl methyl sites for hydroxylation is 1. The molecule has 2 unspecified atom stereocenters. The minimum atomic E-state index is -6.42. The van der Waals surface area contributed by atoms with Gasteiger partial charge in [0.15, 0.2) is 9.84 Å². The molecule has 1 heterocycles. The fourth-order valence-corrected chi connectivity index (χ4v) is 9.98. The number of carbonyl (C=O) groups excluding carboxylic acids is 2. The normalized spacial score (nSPS) is 26.6. The lowest BCUT2D eigenvalue weighted by molar-refractivity contribution is -0.348. The van der Waals surface area contributed by atoms with Crippen molar-refractivity contribution in [1.82, 2.24) is 5.32 Å². The van der Waals surface area contributed by atoms with Gasteiger partial charge in [0.05, 0.1) is 4.90 Å². The third-order valence-electron chi connectivity index (χ3n) is 9.57. The van der Waals surface area contributed by atoms with Crippen molar-refractivity contribution in [2.24, 2.45) is 17.8 Å². The topological polar surface area (TPSA) is 110 Å². The van der Waals surface area contributed by atoms with Crippen LogP contribution >= 0.6 is 0 Å². The monoisotopic (exact) mass is 683 g/mol. The maximum absolute atomic E-state index is 15.0. The van der Waals surface area contributed by atoms with E-state index in [1.54, 1.807) is 0 Å². The minimum absolute atomic E-state index is 0.201. The number of amides is 1. The number of halogens is 8. The van der Waals surface area contributed by atoms with Crippen LogP contribution in [0.3, 0.4) is 0 Å². The molecule has 1 saturated heterocycles. The number of sulfone groups is 1. The highest BCUT2D eigenvalue weighted by Gasteiger charge is 2.74. The van der Waals surface area contributed by atoms with Crippen molar-refractivity contribution in [3.63, 3.8) is 0 Å². The predicted octanol–water partition coefficient (Wildman–Crippen LogP) is 4.84. The molecule has 2 aliphatic carbocycles. The third-order valence-corrected chi connectivity index (χ3v) is 12.2. The molecule has 0 spiro atoms. The molecule has 2 aromatic carbocycles. The molecule has 0 bridgehead atoms. The Morgan fingerprint density at radius 2 is 1.59 bits per heavy atom. The van der Waals surface area contributed by atoms with Gasteiger partial charge in [-0.25, -0.2) is 17.2 Å². The molecule has 1 aliphatic heterocycles. The Kier molecular flexibility index (Phi) is 8.82. The summed E-state index contributed by atoms with van der Waals surface area (Å²) in [6.07, 6.45) is -14.3. The summed E-state index contributed by atoms with van der Waals surface area (Å²) in [4.78, 5) is 25.3. The van der Waals surface area contributed by atoms with Gasteiger partial charge in [-0.15, -0.1) is 0 Å². The van der Waals surface area contributed by atoms with Gasteiger partial charge in [-0.2, -0.15) is 26.3 Å². The number of rotatable bonds is 7. The first kappa shape index (κ1) is 34.2. The maximum atomic E-state index is 15.0. The Bertz CT molecular complexity index is 1580. The molecule has 252 valence electrons. The molecule has 2 aromatic rings. The molecular formula is C30H29F8NO6S. The molecule has 1 amide bonds. The third kappa shape index (κ3) is 5.20. The summed E-state index contributed by atoms with van der Waals surface area (Å²) < 4.78 is 142. The highest BCUT2D eigenvalue weighted by Crippen LogP contribution is 2.60. The van der Waals surface area contributed by atoms with E-state index < -0.39 is 84.7 Å². The van der Waals surface area contributed by atoms with Crippen molar-refractivity contribution in [2.45, 2.75) is 71.9 Å². The largest absolute Gasteiger partial charge is 0.435 e. The van der Waals surface area contributed by atoms with Crippen molar-refractivity contribution in [3.8, 4) is 0 Å². The number of aliphatic hydroxyl groups is 1. The van der Waals surface area contributed by atoms with Crippen molar-refractivity contribution < 1.29 is 63.0 Å². The van der Waals surface area contributed by atoms with E-state index in [0.29, 0.717) is 38.2 Å². The summed E-state index contributed by atoms with van der Waals surface area (Å²) in [5.41, 5.74) is -8.30. The first-order chi connectivity index (χ1) is 21.4. The Morgan fingerprint density at radius 1 is 0.978 bits per heavy atom. The van der Waals surface area contributed by atoms with Crippen molar-refractivity contribution in [2.75, 3.05) is 13.2 Å². The van der Waals surface area contributed by atoms with Crippen LogP contribution in [0.2, 0.25) is 0 Å². The number of fused-ring (bicyclic) bond motifs is 3. The van der Waals surface area contributed by atoms with Crippen LogP contribution in [-0.2, 0) is 41.0 Å². The number of benzene rings is 2. The van der Waals surface area contributed by atoms with Gasteiger partial charge < -0.3 is 20.0 Å². The van der Waals surface area contributed by atoms with E-state index in [2.05, 4.69) is 5.32 Å². The number of aldehydes is 1. The summed E-state index contributed by atoms with van der Waals surface area (Å²) in [6, 6.07) is 3.54. The van der Waals surface area contributed by atoms with Crippen molar-refractivity contribution in [1.29, 1.82) is 0 Å². The zero-order valence-corrected chi connectivity index (χ0v) is 24.7. The fourth-order valence-electron chi connectivity index (χ4n) is 7.38. The van der Waals surface area contributed by atoms with Crippen molar-refractivity contribution in [3.05, 3.63) is 65.0 Å². The zero-order valence-electron chi connectivity index (χ0n) is 23.9. The number of hydrogen-bond donors (Lipinski definition) is 2. The number of alkyl halides is 7. The van der Waals surface area contributed by atoms with Crippen LogP contribution in [0.5, 0.6) is 0 Å². The summed E-state index contributed by atoms with van der Waals surface area (Å²) in [7, 11) is -4.83. The van der Waals surface area contributed by atoms with Crippen LogP contribution in [0.15, 0.2) is 47.4 Å². The SMILES string of the molecule is O=CC1C[C@@H](NC(=O)C(O)C2CCOCC2)[C@@H]2CCc3cc(C(F)(C(F)(F)F)C(F)(F)F)ccc3[C@@]12S(=O)(=O)c1ccc(F)cc1. The summed E-state index contributed by atoms with van der Waals surface area (Å²) in [5, 5.41) is 13.4. The molecule has 7 nitrogen and oxygen atoms in total. The van der Waals surface area contributed by atoms with Crippen LogP contribution in [-0.4, -0.2) is 63.4 Å². The van der Waals surface area contributed by atoms with E-state index in [9.17, 15) is 53.8 Å². The van der Waals surface area contributed by atoms with Crippen molar-refractivity contribution >= 4 is 22.0 Å². The Balaban J connectivity index is 1.66. The van der Waals surface area contributed by atoms with E-state index in [1.165, 1.54) is 0 Å². The van der Waals surface area contributed by atoms with Gasteiger partial charge in [-0.3, -0.25) is 4.79 Å². The molecule has 0 aromatic heterocycles. The summed E-state index contributed by atoms with van der Waals surface area (Å²) >= 11 is 0. The molecule has 2 fully saturated rings. The van der Waals surface area contributed by atoms with Gasteiger partial charge in [0.25, 0.3) is 0 Å². The van der Waals surface area contributed by atoms with E-state index in [1.807, 2.05) is 0 Å². The molecule has 3 aliphatic rings.